The number of benzene rings is 3. The first-order chi connectivity index (χ1) is 19.8. The summed E-state index contributed by atoms with van der Waals surface area (Å²) < 4.78 is 13.8. The normalized spacial score (nSPS) is 15.2. The number of nitrogens with zero attached hydrogens (tertiary/aromatic N) is 3. The Morgan fingerprint density at radius 1 is 0.825 bits per heavy atom. The zero-order valence-electron chi connectivity index (χ0n) is 23.7. The maximum Gasteiger partial charge on any atom is 0.231 e. The van der Waals surface area contributed by atoms with Gasteiger partial charge in [-0.15, -0.1) is 0 Å². The first-order valence-electron chi connectivity index (χ1n) is 15.1. The molecular weight excluding hydrogens is 494 g/mol. The minimum atomic E-state index is 0.309. The SMILES string of the molecule is CCCCn1c(-c2ccccc2)nc(-c2ccccc2)c1CN(Cc1ccc2c(c1)OCO2)CC1CCCCC1. The van der Waals surface area contributed by atoms with E-state index in [0.29, 0.717) is 6.79 Å². The first kappa shape index (κ1) is 26.6. The Kier molecular flexibility index (Phi) is 8.48. The minimum Gasteiger partial charge on any atom is -0.454 e. The van der Waals surface area contributed by atoms with Gasteiger partial charge in [0.15, 0.2) is 11.5 Å². The molecule has 0 unspecified atom stereocenters. The van der Waals surface area contributed by atoms with Crippen LogP contribution in [0.4, 0.5) is 0 Å². The van der Waals surface area contributed by atoms with Crippen molar-refractivity contribution < 1.29 is 9.47 Å². The highest BCUT2D eigenvalue weighted by Gasteiger charge is 2.25. The Labute approximate surface area is 238 Å². The summed E-state index contributed by atoms with van der Waals surface area (Å²) in [5.74, 6) is 3.52. The highest BCUT2D eigenvalue weighted by atomic mass is 16.7. The predicted octanol–water partition coefficient (Wildman–Crippen LogP) is 8.33. The third-order valence-electron chi connectivity index (χ3n) is 8.34. The third kappa shape index (κ3) is 6.10. The van der Waals surface area contributed by atoms with Crippen LogP contribution >= 0.6 is 0 Å². The molecule has 1 aliphatic carbocycles. The van der Waals surface area contributed by atoms with Crippen LogP contribution in [0.2, 0.25) is 0 Å². The van der Waals surface area contributed by atoms with Crippen molar-refractivity contribution in [3.63, 3.8) is 0 Å². The van der Waals surface area contributed by atoms with Gasteiger partial charge in [-0.05, 0) is 42.9 Å². The minimum absolute atomic E-state index is 0.309. The van der Waals surface area contributed by atoms with Crippen LogP contribution in [-0.4, -0.2) is 27.8 Å². The Morgan fingerprint density at radius 2 is 1.55 bits per heavy atom. The van der Waals surface area contributed by atoms with E-state index < -0.39 is 0 Å². The van der Waals surface area contributed by atoms with Crippen molar-refractivity contribution in [3.05, 3.63) is 90.1 Å². The van der Waals surface area contributed by atoms with Crippen molar-refractivity contribution in [1.82, 2.24) is 14.5 Å². The molecular formula is C35H41N3O2. The number of imidazole rings is 1. The zero-order valence-corrected chi connectivity index (χ0v) is 23.7. The fraction of sp³-hybridized carbons (Fsp3) is 0.400. The van der Waals surface area contributed by atoms with Crippen LogP contribution in [-0.2, 0) is 19.6 Å². The van der Waals surface area contributed by atoms with Crippen LogP contribution in [0.1, 0.15) is 63.1 Å². The van der Waals surface area contributed by atoms with Crippen LogP contribution < -0.4 is 9.47 Å². The number of hydrogen-bond donors (Lipinski definition) is 0. The second-order valence-corrected chi connectivity index (χ2v) is 11.3. The molecule has 0 atom stereocenters. The number of aromatic nitrogens is 2. The number of fused-ring (bicyclic) bond motifs is 1. The number of ether oxygens (including phenoxy) is 2. The van der Waals surface area contributed by atoms with E-state index >= 15 is 0 Å². The number of unbranched alkanes of at least 4 members (excludes halogenated alkanes) is 1. The molecule has 1 aliphatic heterocycles. The summed E-state index contributed by atoms with van der Waals surface area (Å²) in [6.45, 7) is 6.38. The highest BCUT2D eigenvalue weighted by Crippen LogP contribution is 2.35. The topological polar surface area (TPSA) is 39.5 Å². The first-order valence-corrected chi connectivity index (χ1v) is 15.1. The molecule has 0 spiro atoms. The largest absolute Gasteiger partial charge is 0.454 e. The number of hydrogen-bond acceptors (Lipinski definition) is 4. The van der Waals surface area contributed by atoms with Gasteiger partial charge in [-0.2, -0.15) is 0 Å². The number of rotatable bonds is 11. The Balaban J connectivity index is 1.40. The lowest BCUT2D eigenvalue weighted by Crippen LogP contribution is -2.31. The van der Waals surface area contributed by atoms with Gasteiger partial charge in [0.25, 0.3) is 0 Å². The van der Waals surface area contributed by atoms with E-state index in [1.54, 1.807) is 0 Å². The second kappa shape index (κ2) is 12.7. The Bertz CT molecular complexity index is 1380. The van der Waals surface area contributed by atoms with Crippen LogP contribution in [0, 0.1) is 5.92 Å². The van der Waals surface area contributed by atoms with Crippen molar-refractivity contribution in [3.8, 4) is 34.1 Å². The summed E-state index contributed by atoms with van der Waals surface area (Å²) >= 11 is 0. The van der Waals surface area contributed by atoms with Gasteiger partial charge in [0.1, 0.15) is 5.82 Å². The van der Waals surface area contributed by atoms with E-state index in [1.807, 2.05) is 0 Å². The molecule has 5 nitrogen and oxygen atoms in total. The molecule has 5 heteroatoms. The molecule has 1 saturated carbocycles. The average molecular weight is 536 g/mol. The van der Waals surface area contributed by atoms with Gasteiger partial charge in [0.2, 0.25) is 6.79 Å². The Hall–Kier alpha value is -3.57. The van der Waals surface area contributed by atoms with Crippen molar-refractivity contribution in [2.24, 2.45) is 5.92 Å². The molecule has 1 fully saturated rings. The van der Waals surface area contributed by atoms with E-state index in [9.17, 15) is 0 Å². The molecule has 208 valence electrons. The van der Waals surface area contributed by atoms with Crippen molar-refractivity contribution in [1.29, 1.82) is 0 Å². The third-order valence-corrected chi connectivity index (χ3v) is 8.34. The van der Waals surface area contributed by atoms with Gasteiger partial charge in [0.05, 0.1) is 11.4 Å². The molecule has 2 heterocycles. The second-order valence-electron chi connectivity index (χ2n) is 11.3. The van der Waals surface area contributed by atoms with Crippen molar-refractivity contribution in [2.45, 2.75) is 71.5 Å². The maximum absolute atomic E-state index is 5.73. The van der Waals surface area contributed by atoms with E-state index in [1.165, 1.54) is 54.5 Å². The van der Waals surface area contributed by atoms with Crippen LogP contribution in [0.15, 0.2) is 78.9 Å². The highest BCUT2D eigenvalue weighted by molar-refractivity contribution is 5.68. The fourth-order valence-electron chi connectivity index (χ4n) is 6.27. The van der Waals surface area contributed by atoms with Crippen molar-refractivity contribution in [2.75, 3.05) is 13.3 Å². The average Bonchev–Trinajstić information content (AvgIpc) is 3.62. The molecule has 2 aliphatic rings. The summed E-state index contributed by atoms with van der Waals surface area (Å²) in [4.78, 5) is 8.02. The molecule has 40 heavy (non-hydrogen) atoms. The summed E-state index contributed by atoms with van der Waals surface area (Å²) in [6.07, 6.45) is 9.01. The lowest BCUT2D eigenvalue weighted by atomic mass is 9.89. The van der Waals surface area contributed by atoms with E-state index in [4.69, 9.17) is 14.5 Å². The van der Waals surface area contributed by atoms with E-state index in [0.717, 1.165) is 68.0 Å². The molecule has 0 amide bonds. The zero-order chi connectivity index (χ0) is 27.1. The Morgan fingerprint density at radius 3 is 2.30 bits per heavy atom. The summed E-state index contributed by atoms with van der Waals surface area (Å²) in [5.41, 5.74) is 6.05. The van der Waals surface area contributed by atoms with E-state index in [-0.39, 0.29) is 0 Å². The summed E-state index contributed by atoms with van der Waals surface area (Å²) in [7, 11) is 0. The molecule has 1 aromatic heterocycles. The molecule has 0 radical (unpaired) electrons. The molecule has 6 rings (SSSR count). The molecule has 3 aromatic carbocycles. The summed E-state index contributed by atoms with van der Waals surface area (Å²) in [6, 6.07) is 27.9. The summed E-state index contributed by atoms with van der Waals surface area (Å²) in [5, 5.41) is 0. The molecule has 0 saturated heterocycles. The van der Waals surface area contributed by atoms with Gasteiger partial charge in [-0.3, -0.25) is 4.90 Å². The molecule has 0 N–H and O–H groups in total. The fourth-order valence-corrected chi connectivity index (χ4v) is 6.27. The van der Waals surface area contributed by atoms with Crippen LogP contribution in [0.5, 0.6) is 11.5 Å². The molecule has 0 bridgehead atoms. The monoisotopic (exact) mass is 535 g/mol. The van der Waals surface area contributed by atoms with Gasteiger partial charge in [-0.25, -0.2) is 4.98 Å². The smallest absolute Gasteiger partial charge is 0.231 e. The van der Waals surface area contributed by atoms with Gasteiger partial charge in [0, 0.05) is 37.3 Å². The van der Waals surface area contributed by atoms with Crippen LogP contribution in [0.3, 0.4) is 0 Å². The lowest BCUT2D eigenvalue weighted by molar-refractivity contribution is 0.173. The standard InChI is InChI=1S/C35H41N3O2/c1-2-3-21-38-31(34(29-15-9-5-10-16-29)36-35(38)30-17-11-6-12-18-30)25-37(23-27-13-7-4-8-14-27)24-28-19-20-32-33(22-28)40-26-39-32/h5-6,9-12,15-20,22,27H,2-4,7-8,13-14,21,23-26H2,1H3. The van der Waals surface area contributed by atoms with Gasteiger partial charge in [-0.1, -0.05) is 99.3 Å². The lowest BCUT2D eigenvalue weighted by Gasteiger charge is -2.30. The van der Waals surface area contributed by atoms with Crippen molar-refractivity contribution >= 4 is 0 Å². The quantitative estimate of drug-likeness (QED) is 0.194. The van der Waals surface area contributed by atoms with Gasteiger partial charge >= 0.3 is 0 Å². The predicted molar refractivity (Wildman–Crippen MR) is 161 cm³/mol. The van der Waals surface area contributed by atoms with Crippen LogP contribution in [0.25, 0.3) is 22.6 Å². The maximum atomic E-state index is 5.73. The molecule has 4 aromatic rings. The van der Waals surface area contributed by atoms with Gasteiger partial charge < -0.3 is 14.0 Å². The van der Waals surface area contributed by atoms with E-state index in [2.05, 4.69) is 95.3 Å².